The lowest BCUT2D eigenvalue weighted by molar-refractivity contribution is 0.396. The average molecular weight is 531 g/mol. The second-order valence-electron chi connectivity index (χ2n) is 9.81. The topological polar surface area (TPSA) is 135 Å². The van der Waals surface area contributed by atoms with Gasteiger partial charge in [-0.25, -0.2) is 0 Å². The molecule has 0 saturated carbocycles. The third-order valence-corrected chi connectivity index (χ3v) is 7.69. The number of phenols is 6. The van der Waals surface area contributed by atoms with Gasteiger partial charge in [0.15, 0.2) is 45.7 Å². The first kappa shape index (κ1) is 23.5. The lowest BCUT2D eigenvalue weighted by atomic mass is 9.85. The zero-order chi connectivity index (χ0) is 27.9. The van der Waals surface area contributed by atoms with Gasteiger partial charge in [0.25, 0.3) is 0 Å². The Morgan fingerprint density at radius 2 is 0.875 bits per heavy atom. The number of aromatic hydroxyl groups is 6. The molecular formula is C33H22O7. The summed E-state index contributed by atoms with van der Waals surface area (Å²) < 4.78 is 5.80. The van der Waals surface area contributed by atoms with Gasteiger partial charge in [0.2, 0.25) is 0 Å². The predicted octanol–water partition coefficient (Wildman–Crippen LogP) is 7.77. The first-order valence-corrected chi connectivity index (χ1v) is 12.6. The van der Waals surface area contributed by atoms with E-state index >= 15 is 0 Å². The van der Waals surface area contributed by atoms with Crippen LogP contribution in [0.15, 0.2) is 83.3 Å². The maximum atomic E-state index is 11.6. The van der Waals surface area contributed by atoms with Gasteiger partial charge >= 0.3 is 0 Å². The van der Waals surface area contributed by atoms with Crippen molar-refractivity contribution in [2.45, 2.75) is 6.92 Å². The Kier molecular flexibility index (Phi) is 4.84. The van der Waals surface area contributed by atoms with Crippen LogP contribution in [0, 0.1) is 6.92 Å². The molecule has 6 N–H and O–H groups in total. The van der Waals surface area contributed by atoms with Gasteiger partial charge in [-0.2, -0.15) is 0 Å². The van der Waals surface area contributed by atoms with Crippen molar-refractivity contribution in [2.24, 2.45) is 0 Å². The molecule has 7 aromatic rings. The van der Waals surface area contributed by atoms with E-state index in [9.17, 15) is 30.6 Å². The molecule has 0 amide bonds. The molecule has 7 heteroatoms. The van der Waals surface area contributed by atoms with E-state index in [-0.39, 0.29) is 33.1 Å². The van der Waals surface area contributed by atoms with Crippen molar-refractivity contribution < 1.29 is 35.1 Å². The zero-order valence-electron chi connectivity index (χ0n) is 21.1. The average Bonchev–Trinajstić information content (AvgIpc) is 3.39. The van der Waals surface area contributed by atoms with Gasteiger partial charge in [0.1, 0.15) is 0 Å². The second kappa shape index (κ2) is 8.22. The summed E-state index contributed by atoms with van der Waals surface area (Å²) in [4.78, 5) is 0. The fourth-order valence-corrected chi connectivity index (χ4v) is 5.81. The minimum atomic E-state index is -0.681. The van der Waals surface area contributed by atoms with Crippen molar-refractivity contribution in [3.63, 3.8) is 0 Å². The Hall–Kier alpha value is -5.56. The summed E-state index contributed by atoms with van der Waals surface area (Å²) in [5.74, 6) is -3.56. The maximum Gasteiger partial charge on any atom is 0.182 e. The highest BCUT2D eigenvalue weighted by Crippen LogP contribution is 2.58. The van der Waals surface area contributed by atoms with Crippen molar-refractivity contribution in [1.29, 1.82) is 0 Å². The van der Waals surface area contributed by atoms with Crippen LogP contribution >= 0.6 is 0 Å². The molecule has 6 aromatic carbocycles. The van der Waals surface area contributed by atoms with Crippen LogP contribution in [0.3, 0.4) is 0 Å². The molecule has 196 valence electrons. The van der Waals surface area contributed by atoms with E-state index in [1.54, 1.807) is 0 Å². The van der Waals surface area contributed by atoms with Crippen molar-refractivity contribution in [3.05, 3.63) is 84.4 Å². The van der Waals surface area contributed by atoms with Crippen molar-refractivity contribution in [2.75, 3.05) is 0 Å². The summed E-state index contributed by atoms with van der Waals surface area (Å²) in [5, 5.41) is 68.6. The quantitative estimate of drug-likeness (QED) is 0.0764. The zero-order valence-corrected chi connectivity index (χ0v) is 21.1. The summed E-state index contributed by atoms with van der Waals surface area (Å²) in [7, 11) is 0. The Labute approximate surface area is 226 Å². The van der Waals surface area contributed by atoms with Gasteiger partial charge in [-0.1, -0.05) is 78.9 Å². The fourth-order valence-electron chi connectivity index (χ4n) is 5.81. The Bertz CT molecular complexity index is 2120. The molecule has 0 saturated heterocycles. The molecule has 0 radical (unpaired) electrons. The van der Waals surface area contributed by atoms with Gasteiger partial charge in [-0.05, 0) is 39.6 Å². The number of benzene rings is 6. The highest BCUT2D eigenvalue weighted by molar-refractivity contribution is 6.25. The SMILES string of the molecule is Cc1c(O)c(O)c2c(oc3c(O)c(-c4c5ccccc5c(-c5ccccc5)c5ccccc45)c(O)c(O)c32)c1O. The van der Waals surface area contributed by atoms with Gasteiger partial charge in [0.05, 0.1) is 16.3 Å². The van der Waals surface area contributed by atoms with E-state index < -0.39 is 34.5 Å². The molecule has 1 aromatic heterocycles. The predicted molar refractivity (Wildman–Crippen MR) is 154 cm³/mol. The summed E-state index contributed by atoms with van der Waals surface area (Å²) in [6, 6.07) is 25.1. The lowest BCUT2D eigenvalue weighted by Crippen LogP contribution is -1.92. The fraction of sp³-hybridized carbons (Fsp3) is 0.0303. The summed E-state index contributed by atoms with van der Waals surface area (Å²) in [5.41, 5.74) is 1.80. The standard InChI is InChI=1S/C33H22O7/c1-15-26(34)29(37)24-25-30(38)28(36)23(31(39)33(25)40-32(24)27(15)35)22-19-13-7-5-11-17(19)21(16-9-3-2-4-10-16)18-12-6-8-14-20(18)22/h2-14,34-39H,1H3. The molecule has 0 fully saturated rings. The summed E-state index contributed by atoms with van der Waals surface area (Å²) >= 11 is 0. The Morgan fingerprint density at radius 3 is 1.43 bits per heavy atom. The molecular weight excluding hydrogens is 508 g/mol. The summed E-state index contributed by atoms with van der Waals surface area (Å²) in [6.07, 6.45) is 0. The highest BCUT2D eigenvalue weighted by Gasteiger charge is 2.31. The van der Waals surface area contributed by atoms with Crippen LogP contribution in [0.4, 0.5) is 0 Å². The normalized spacial score (nSPS) is 11.7. The van der Waals surface area contributed by atoms with Gasteiger partial charge in [-0.15, -0.1) is 0 Å². The maximum absolute atomic E-state index is 11.6. The molecule has 0 aliphatic heterocycles. The molecule has 0 unspecified atom stereocenters. The van der Waals surface area contributed by atoms with Crippen LogP contribution in [0.25, 0.3) is 65.7 Å². The van der Waals surface area contributed by atoms with Crippen LogP contribution in [-0.4, -0.2) is 30.6 Å². The molecule has 7 rings (SSSR count). The van der Waals surface area contributed by atoms with Crippen molar-refractivity contribution in [1.82, 2.24) is 0 Å². The van der Waals surface area contributed by atoms with Crippen molar-refractivity contribution in [3.8, 4) is 56.8 Å². The molecule has 0 atom stereocenters. The molecule has 0 bridgehead atoms. The molecule has 0 aliphatic carbocycles. The molecule has 0 spiro atoms. The van der Waals surface area contributed by atoms with Gasteiger partial charge in [0, 0.05) is 11.1 Å². The number of hydrogen-bond acceptors (Lipinski definition) is 7. The van der Waals surface area contributed by atoms with Gasteiger partial charge in [-0.3, -0.25) is 0 Å². The number of hydrogen-bond donors (Lipinski definition) is 6. The third kappa shape index (κ3) is 2.94. The van der Waals surface area contributed by atoms with Crippen molar-refractivity contribution >= 4 is 43.5 Å². The van der Waals surface area contributed by atoms with Crippen LogP contribution in [0.5, 0.6) is 34.5 Å². The number of phenolic OH excluding ortho intramolecular Hbond substituents is 6. The van der Waals surface area contributed by atoms with Crippen LogP contribution < -0.4 is 0 Å². The van der Waals surface area contributed by atoms with E-state index in [4.69, 9.17) is 4.42 Å². The van der Waals surface area contributed by atoms with E-state index in [1.807, 2.05) is 78.9 Å². The Morgan fingerprint density at radius 1 is 0.425 bits per heavy atom. The Balaban J connectivity index is 1.69. The molecule has 1 heterocycles. The van der Waals surface area contributed by atoms with E-state index in [0.29, 0.717) is 16.3 Å². The molecule has 0 aliphatic rings. The van der Waals surface area contributed by atoms with Gasteiger partial charge < -0.3 is 35.1 Å². The van der Waals surface area contributed by atoms with Crippen LogP contribution in [-0.2, 0) is 0 Å². The minimum Gasteiger partial charge on any atom is -0.504 e. The van der Waals surface area contributed by atoms with E-state index in [0.717, 1.165) is 21.9 Å². The first-order valence-electron chi connectivity index (χ1n) is 12.6. The molecule has 7 nitrogen and oxygen atoms in total. The largest absolute Gasteiger partial charge is 0.504 e. The van der Waals surface area contributed by atoms with Crippen LogP contribution in [0.1, 0.15) is 5.56 Å². The smallest absolute Gasteiger partial charge is 0.182 e. The monoisotopic (exact) mass is 530 g/mol. The number of fused-ring (bicyclic) bond motifs is 5. The second-order valence-corrected chi connectivity index (χ2v) is 9.81. The molecule has 40 heavy (non-hydrogen) atoms. The van der Waals surface area contributed by atoms with E-state index in [2.05, 4.69) is 0 Å². The number of rotatable bonds is 2. The summed E-state index contributed by atoms with van der Waals surface area (Å²) in [6.45, 7) is 1.38. The van der Waals surface area contributed by atoms with Crippen LogP contribution in [0.2, 0.25) is 0 Å². The number of furan rings is 1. The highest BCUT2D eigenvalue weighted by atomic mass is 16.4. The third-order valence-electron chi connectivity index (χ3n) is 7.69. The minimum absolute atomic E-state index is 0.0408. The first-order chi connectivity index (χ1) is 19.3. The van der Waals surface area contributed by atoms with E-state index in [1.165, 1.54) is 6.92 Å². The lowest BCUT2D eigenvalue weighted by Gasteiger charge is -2.19.